The molecule has 2 atom stereocenters. The summed E-state index contributed by atoms with van der Waals surface area (Å²) in [5, 5.41) is 10.5. The number of benzene rings is 1. The Hall–Kier alpha value is -0.325. The zero-order valence-corrected chi connectivity index (χ0v) is 9.87. The molecule has 0 aromatic heterocycles. The van der Waals surface area contributed by atoms with Gasteiger partial charge in [-0.3, -0.25) is 0 Å². The lowest BCUT2D eigenvalue weighted by molar-refractivity contribution is 0.286. The number of rotatable bonds is 3. The van der Waals surface area contributed by atoms with Crippen LogP contribution in [-0.2, 0) is 0 Å². The molecule has 0 amide bonds. The first kappa shape index (κ1) is 12.7. The standard InChI is InChI=1S/C12H17OP.B/c13-9-8-12-7-4-10-14(12)11-5-2-1-3-6-11;/h1-3,5-6,12-13H,4,7-10H2;. The van der Waals surface area contributed by atoms with Crippen molar-refractivity contribution in [3.8, 4) is 0 Å². The summed E-state index contributed by atoms with van der Waals surface area (Å²) >= 11 is 0. The van der Waals surface area contributed by atoms with E-state index in [0.29, 0.717) is 6.61 Å². The highest BCUT2D eigenvalue weighted by Crippen LogP contribution is 2.50. The second kappa shape index (κ2) is 6.30. The molecule has 1 N–H and O–H groups in total. The second-order valence-corrected chi connectivity index (χ2v) is 6.47. The maximum Gasteiger partial charge on any atom is 0.0437 e. The van der Waals surface area contributed by atoms with Crippen molar-refractivity contribution in [1.29, 1.82) is 0 Å². The number of hydrogen-bond acceptors (Lipinski definition) is 1. The summed E-state index contributed by atoms with van der Waals surface area (Å²) in [7, 11) is 0.0305. The van der Waals surface area contributed by atoms with Crippen LogP contribution in [0.2, 0.25) is 0 Å². The molecule has 3 heteroatoms. The van der Waals surface area contributed by atoms with Crippen LogP contribution in [0.25, 0.3) is 0 Å². The average Bonchev–Trinajstić information content (AvgIpc) is 2.68. The SMILES string of the molecule is OCCC1CCCP1c1ccccc1.[B]. The molecule has 1 heterocycles. The quantitative estimate of drug-likeness (QED) is 0.608. The van der Waals surface area contributed by atoms with Crippen molar-refractivity contribution < 1.29 is 5.11 Å². The Morgan fingerprint density at radius 2 is 2.00 bits per heavy atom. The molecule has 0 aliphatic carbocycles. The van der Waals surface area contributed by atoms with Crippen molar-refractivity contribution in [2.24, 2.45) is 0 Å². The van der Waals surface area contributed by atoms with Gasteiger partial charge in [0.2, 0.25) is 0 Å². The van der Waals surface area contributed by atoms with Crippen LogP contribution in [0.3, 0.4) is 0 Å². The minimum absolute atomic E-state index is 0. The van der Waals surface area contributed by atoms with Crippen LogP contribution in [0, 0.1) is 0 Å². The summed E-state index contributed by atoms with van der Waals surface area (Å²) in [6, 6.07) is 10.8. The third-order valence-corrected chi connectivity index (χ3v) is 6.08. The molecule has 2 unspecified atom stereocenters. The van der Waals surface area contributed by atoms with Crippen molar-refractivity contribution >= 4 is 21.6 Å². The fraction of sp³-hybridized carbons (Fsp3) is 0.500. The topological polar surface area (TPSA) is 20.2 Å². The molecular weight excluding hydrogens is 202 g/mol. The van der Waals surface area contributed by atoms with E-state index in [0.717, 1.165) is 12.1 Å². The second-order valence-electron chi connectivity index (χ2n) is 3.84. The highest BCUT2D eigenvalue weighted by molar-refractivity contribution is 7.66. The van der Waals surface area contributed by atoms with Gasteiger partial charge in [-0.15, -0.1) is 0 Å². The first-order chi connectivity index (χ1) is 6.92. The predicted octanol–water partition coefficient (Wildman–Crippen LogP) is 1.96. The van der Waals surface area contributed by atoms with Crippen LogP contribution in [0.1, 0.15) is 19.3 Å². The van der Waals surface area contributed by atoms with Crippen LogP contribution >= 0.6 is 7.92 Å². The summed E-state index contributed by atoms with van der Waals surface area (Å²) in [5.41, 5.74) is 0.775. The Morgan fingerprint density at radius 1 is 1.27 bits per heavy atom. The maximum absolute atomic E-state index is 9.00. The first-order valence-corrected chi connectivity index (χ1v) is 6.94. The van der Waals surface area contributed by atoms with E-state index in [2.05, 4.69) is 30.3 Å². The molecule has 15 heavy (non-hydrogen) atoms. The summed E-state index contributed by atoms with van der Waals surface area (Å²) in [4.78, 5) is 0. The lowest BCUT2D eigenvalue weighted by atomic mass is 10.2. The highest BCUT2D eigenvalue weighted by atomic mass is 31.1. The Labute approximate surface area is 95.2 Å². The molecule has 0 spiro atoms. The lowest BCUT2D eigenvalue weighted by Crippen LogP contribution is -2.10. The van der Waals surface area contributed by atoms with Crippen molar-refractivity contribution in [3.63, 3.8) is 0 Å². The Kier molecular flexibility index (Phi) is 5.35. The third kappa shape index (κ3) is 3.06. The van der Waals surface area contributed by atoms with Gasteiger partial charge in [-0.25, -0.2) is 0 Å². The molecule has 1 fully saturated rings. The molecule has 1 aromatic carbocycles. The van der Waals surface area contributed by atoms with Gasteiger partial charge in [0, 0.05) is 15.0 Å². The highest BCUT2D eigenvalue weighted by Gasteiger charge is 2.26. The minimum atomic E-state index is 0. The first-order valence-electron chi connectivity index (χ1n) is 5.34. The summed E-state index contributed by atoms with van der Waals surface area (Å²) < 4.78 is 0. The van der Waals surface area contributed by atoms with E-state index in [4.69, 9.17) is 5.11 Å². The van der Waals surface area contributed by atoms with Gasteiger partial charge in [0.1, 0.15) is 0 Å². The van der Waals surface area contributed by atoms with Gasteiger partial charge < -0.3 is 5.11 Å². The average molecular weight is 219 g/mol. The van der Waals surface area contributed by atoms with Crippen molar-refractivity contribution in [2.75, 3.05) is 12.8 Å². The number of aliphatic hydroxyl groups excluding tert-OH is 1. The van der Waals surface area contributed by atoms with Gasteiger partial charge >= 0.3 is 0 Å². The zero-order valence-electron chi connectivity index (χ0n) is 8.97. The predicted molar refractivity (Wildman–Crippen MR) is 68.3 cm³/mol. The number of aliphatic hydroxyl groups is 1. The molecule has 1 aliphatic heterocycles. The van der Waals surface area contributed by atoms with Crippen LogP contribution in [-0.4, -0.2) is 31.9 Å². The van der Waals surface area contributed by atoms with E-state index in [1.807, 2.05) is 0 Å². The zero-order chi connectivity index (χ0) is 9.80. The van der Waals surface area contributed by atoms with Crippen LogP contribution in [0.15, 0.2) is 30.3 Å². The molecule has 3 radical (unpaired) electrons. The third-order valence-electron chi connectivity index (χ3n) is 2.93. The largest absolute Gasteiger partial charge is 0.396 e. The summed E-state index contributed by atoms with van der Waals surface area (Å²) in [6.07, 6.45) is 5.04. The van der Waals surface area contributed by atoms with Gasteiger partial charge in [-0.05, 0) is 36.4 Å². The van der Waals surface area contributed by atoms with E-state index in [1.165, 1.54) is 24.3 Å². The Bertz CT molecular complexity index is 278. The van der Waals surface area contributed by atoms with E-state index >= 15 is 0 Å². The maximum atomic E-state index is 9.00. The minimum Gasteiger partial charge on any atom is -0.396 e. The molecule has 0 saturated carbocycles. The van der Waals surface area contributed by atoms with E-state index in [-0.39, 0.29) is 16.3 Å². The molecule has 79 valence electrons. The molecule has 1 aromatic rings. The van der Waals surface area contributed by atoms with Crippen molar-refractivity contribution in [1.82, 2.24) is 0 Å². The fourth-order valence-corrected chi connectivity index (χ4v) is 5.29. The van der Waals surface area contributed by atoms with Gasteiger partial charge in [-0.2, -0.15) is 0 Å². The van der Waals surface area contributed by atoms with E-state index in [1.54, 1.807) is 0 Å². The smallest absolute Gasteiger partial charge is 0.0437 e. The molecule has 1 aliphatic rings. The molecule has 0 bridgehead atoms. The lowest BCUT2D eigenvalue weighted by Gasteiger charge is -2.19. The monoisotopic (exact) mass is 219 g/mol. The molecule has 1 nitrogen and oxygen atoms in total. The number of hydrogen-bond donors (Lipinski definition) is 1. The van der Waals surface area contributed by atoms with E-state index < -0.39 is 0 Å². The van der Waals surface area contributed by atoms with Crippen molar-refractivity contribution in [3.05, 3.63) is 30.3 Å². The van der Waals surface area contributed by atoms with Gasteiger partial charge in [0.25, 0.3) is 0 Å². The Morgan fingerprint density at radius 3 is 2.67 bits per heavy atom. The van der Waals surface area contributed by atoms with Crippen LogP contribution in [0.4, 0.5) is 0 Å². The summed E-state index contributed by atoms with van der Waals surface area (Å²) in [5.74, 6) is 0. The van der Waals surface area contributed by atoms with Gasteiger partial charge in [0.15, 0.2) is 0 Å². The fourth-order valence-electron chi connectivity index (χ4n) is 2.24. The van der Waals surface area contributed by atoms with Gasteiger partial charge in [0.05, 0.1) is 0 Å². The molecule has 1 saturated heterocycles. The molecule has 2 rings (SSSR count). The normalized spacial score (nSPS) is 24.9. The molecular formula is C12H17BOP. The van der Waals surface area contributed by atoms with Crippen molar-refractivity contribution in [2.45, 2.75) is 24.9 Å². The van der Waals surface area contributed by atoms with Gasteiger partial charge in [-0.1, -0.05) is 38.3 Å². The van der Waals surface area contributed by atoms with Crippen LogP contribution < -0.4 is 5.30 Å². The Balaban J connectivity index is 0.00000112. The van der Waals surface area contributed by atoms with Crippen LogP contribution in [0.5, 0.6) is 0 Å². The van der Waals surface area contributed by atoms with E-state index in [9.17, 15) is 0 Å². The summed E-state index contributed by atoms with van der Waals surface area (Å²) in [6.45, 7) is 0.357.